The maximum Gasteiger partial charge on any atom is 0.336 e. The number of benzene rings is 2. The van der Waals surface area contributed by atoms with Crippen molar-refractivity contribution in [2.75, 3.05) is 7.11 Å². The summed E-state index contributed by atoms with van der Waals surface area (Å²) in [6, 6.07) is 11.6. The summed E-state index contributed by atoms with van der Waals surface area (Å²) < 4.78 is 18.9. The molecule has 0 spiro atoms. The molecule has 3 rings (SSSR count). The van der Waals surface area contributed by atoms with Gasteiger partial charge in [-0.15, -0.1) is 0 Å². The van der Waals surface area contributed by atoms with Gasteiger partial charge in [0.25, 0.3) is 0 Å². The van der Waals surface area contributed by atoms with Gasteiger partial charge in [0.1, 0.15) is 0 Å². The average Bonchev–Trinajstić information content (AvgIpc) is 2.59. The SMILES string of the molecule is COc1ccc(-c2cc(C(=O)O)c3cc(C(C)(C)C)ccc3n2)cc1F. The molecule has 0 unspecified atom stereocenters. The first-order valence-corrected chi connectivity index (χ1v) is 8.23. The van der Waals surface area contributed by atoms with Crippen LogP contribution < -0.4 is 4.74 Å². The number of halogens is 1. The summed E-state index contributed by atoms with van der Waals surface area (Å²) in [5.74, 6) is -1.44. The molecule has 0 atom stereocenters. The van der Waals surface area contributed by atoms with Crippen LogP contribution in [0, 0.1) is 5.82 Å². The highest BCUT2D eigenvalue weighted by Gasteiger charge is 2.18. The van der Waals surface area contributed by atoms with Crippen LogP contribution >= 0.6 is 0 Å². The molecule has 0 aliphatic rings. The number of carboxylic acids is 1. The van der Waals surface area contributed by atoms with Crippen LogP contribution in [0.4, 0.5) is 4.39 Å². The zero-order valence-corrected chi connectivity index (χ0v) is 15.1. The largest absolute Gasteiger partial charge is 0.494 e. The summed E-state index contributed by atoms with van der Waals surface area (Å²) in [7, 11) is 1.39. The Kier molecular flexibility index (Phi) is 4.40. The third-order valence-corrected chi connectivity index (χ3v) is 4.35. The van der Waals surface area contributed by atoms with Gasteiger partial charge in [0, 0.05) is 10.9 Å². The number of carbonyl (C=O) groups is 1. The molecule has 1 aromatic heterocycles. The molecular formula is C21H20FNO3. The summed E-state index contributed by atoms with van der Waals surface area (Å²) in [4.78, 5) is 16.3. The fraction of sp³-hybridized carbons (Fsp3) is 0.238. The number of rotatable bonds is 3. The monoisotopic (exact) mass is 353 g/mol. The highest BCUT2D eigenvalue weighted by Crippen LogP contribution is 2.31. The van der Waals surface area contributed by atoms with Crippen molar-refractivity contribution in [3.8, 4) is 17.0 Å². The lowest BCUT2D eigenvalue weighted by Gasteiger charge is -2.20. The second-order valence-electron chi connectivity index (χ2n) is 7.19. The number of methoxy groups -OCH3 is 1. The third-order valence-electron chi connectivity index (χ3n) is 4.35. The highest BCUT2D eigenvalue weighted by atomic mass is 19.1. The summed E-state index contributed by atoms with van der Waals surface area (Å²) in [5.41, 5.74) is 2.52. The quantitative estimate of drug-likeness (QED) is 0.716. The van der Waals surface area contributed by atoms with E-state index < -0.39 is 11.8 Å². The topological polar surface area (TPSA) is 59.4 Å². The lowest BCUT2D eigenvalue weighted by molar-refractivity contribution is 0.0699. The second kappa shape index (κ2) is 6.41. The normalized spacial score (nSPS) is 11.6. The minimum absolute atomic E-state index is 0.109. The standard InChI is InChI=1S/C21H20FNO3/c1-21(2,3)13-6-7-17-14(10-13)15(20(24)25)11-18(23-17)12-5-8-19(26-4)16(22)9-12/h5-11H,1-4H3,(H,24,25). The number of ether oxygens (including phenoxy) is 1. The van der Waals surface area contributed by atoms with Crippen molar-refractivity contribution in [1.82, 2.24) is 4.98 Å². The van der Waals surface area contributed by atoms with Crippen LogP contribution in [0.3, 0.4) is 0 Å². The van der Waals surface area contributed by atoms with E-state index in [1.807, 2.05) is 18.2 Å². The van der Waals surface area contributed by atoms with E-state index in [1.165, 1.54) is 25.3 Å². The Bertz CT molecular complexity index is 1010. The van der Waals surface area contributed by atoms with Crippen LogP contribution in [0.2, 0.25) is 0 Å². The van der Waals surface area contributed by atoms with E-state index in [0.29, 0.717) is 22.2 Å². The number of hydrogen-bond donors (Lipinski definition) is 1. The first-order valence-electron chi connectivity index (χ1n) is 8.23. The van der Waals surface area contributed by atoms with Gasteiger partial charge >= 0.3 is 5.97 Å². The molecule has 1 heterocycles. The molecule has 0 bridgehead atoms. The molecule has 5 heteroatoms. The Labute approximate surface area is 151 Å². The van der Waals surface area contributed by atoms with E-state index in [9.17, 15) is 14.3 Å². The summed E-state index contributed by atoms with van der Waals surface area (Å²) in [6.07, 6.45) is 0. The van der Waals surface area contributed by atoms with Gasteiger partial charge < -0.3 is 9.84 Å². The maximum atomic E-state index is 14.0. The molecule has 0 saturated heterocycles. The van der Waals surface area contributed by atoms with Crippen LogP contribution in [0.1, 0.15) is 36.7 Å². The molecule has 3 aromatic rings. The number of hydrogen-bond acceptors (Lipinski definition) is 3. The molecule has 4 nitrogen and oxygen atoms in total. The molecule has 0 aliphatic heterocycles. The molecular weight excluding hydrogens is 333 g/mol. The molecule has 0 fully saturated rings. The summed E-state index contributed by atoms with van der Waals surface area (Å²) >= 11 is 0. The van der Waals surface area contributed by atoms with E-state index in [-0.39, 0.29) is 16.7 Å². The molecule has 0 aliphatic carbocycles. The van der Waals surface area contributed by atoms with Gasteiger partial charge in [0.15, 0.2) is 11.6 Å². The second-order valence-corrected chi connectivity index (χ2v) is 7.19. The zero-order chi connectivity index (χ0) is 19.1. The van der Waals surface area contributed by atoms with Crippen molar-refractivity contribution in [3.05, 3.63) is 59.4 Å². The van der Waals surface area contributed by atoms with Crippen LogP contribution in [-0.4, -0.2) is 23.2 Å². The van der Waals surface area contributed by atoms with Gasteiger partial charge in [0.2, 0.25) is 0 Å². The lowest BCUT2D eigenvalue weighted by Crippen LogP contribution is -2.11. The smallest absolute Gasteiger partial charge is 0.336 e. The van der Waals surface area contributed by atoms with Crippen molar-refractivity contribution in [2.45, 2.75) is 26.2 Å². The van der Waals surface area contributed by atoms with Gasteiger partial charge in [-0.2, -0.15) is 0 Å². The zero-order valence-electron chi connectivity index (χ0n) is 15.1. The van der Waals surface area contributed by atoms with Gasteiger partial charge in [-0.25, -0.2) is 14.2 Å². The Morgan fingerprint density at radius 3 is 2.42 bits per heavy atom. The lowest BCUT2D eigenvalue weighted by atomic mass is 9.86. The third kappa shape index (κ3) is 3.25. The van der Waals surface area contributed by atoms with Crippen molar-refractivity contribution in [1.29, 1.82) is 0 Å². The number of carboxylic acid groups (broad SMARTS) is 1. The minimum Gasteiger partial charge on any atom is -0.494 e. The van der Waals surface area contributed by atoms with E-state index in [1.54, 1.807) is 6.07 Å². The first-order chi connectivity index (χ1) is 12.2. The number of fused-ring (bicyclic) bond motifs is 1. The Balaban J connectivity index is 2.23. The highest BCUT2D eigenvalue weighted by molar-refractivity contribution is 6.04. The van der Waals surface area contributed by atoms with Gasteiger partial charge in [-0.1, -0.05) is 26.8 Å². The van der Waals surface area contributed by atoms with Crippen molar-refractivity contribution in [3.63, 3.8) is 0 Å². The van der Waals surface area contributed by atoms with E-state index in [2.05, 4.69) is 25.8 Å². The summed E-state index contributed by atoms with van der Waals surface area (Å²) in [6.45, 7) is 6.20. The van der Waals surface area contributed by atoms with E-state index >= 15 is 0 Å². The molecule has 134 valence electrons. The predicted octanol–water partition coefficient (Wildman–Crippen LogP) is 5.05. The fourth-order valence-electron chi connectivity index (χ4n) is 2.84. The van der Waals surface area contributed by atoms with Crippen LogP contribution in [0.5, 0.6) is 5.75 Å². The molecule has 26 heavy (non-hydrogen) atoms. The number of nitrogens with zero attached hydrogens (tertiary/aromatic N) is 1. The van der Waals surface area contributed by atoms with Crippen LogP contribution in [0.15, 0.2) is 42.5 Å². The number of aromatic carboxylic acids is 1. The van der Waals surface area contributed by atoms with Crippen LogP contribution in [-0.2, 0) is 5.41 Å². The predicted molar refractivity (Wildman–Crippen MR) is 99.3 cm³/mol. The Hall–Kier alpha value is -2.95. The van der Waals surface area contributed by atoms with Gasteiger partial charge in [-0.05, 0) is 47.4 Å². The molecule has 0 radical (unpaired) electrons. The van der Waals surface area contributed by atoms with Gasteiger partial charge in [-0.3, -0.25) is 0 Å². The van der Waals surface area contributed by atoms with Gasteiger partial charge in [0.05, 0.1) is 23.9 Å². The fourth-order valence-corrected chi connectivity index (χ4v) is 2.84. The molecule has 2 aromatic carbocycles. The molecule has 0 saturated carbocycles. The van der Waals surface area contributed by atoms with Crippen molar-refractivity contribution in [2.24, 2.45) is 0 Å². The van der Waals surface area contributed by atoms with E-state index in [4.69, 9.17) is 4.74 Å². The average molecular weight is 353 g/mol. The first kappa shape index (κ1) is 17.9. The van der Waals surface area contributed by atoms with E-state index in [0.717, 1.165) is 5.56 Å². The van der Waals surface area contributed by atoms with Crippen molar-refractivity contribution < 1.29 is 19.0 Å². The maximum absolute atomic E-state index is 14.0. The summed E-state index contributed by atoms with van der Waals surface area (Å²) in [5, 5.41) is 10.2. The Morgan fingerprint density at radius 1 is 1.12 bits per heavy atom. The molecule has 0 amide bonds. The number of aromatic nitrogens is 1. The Morgan fingerprint density at radius 2 is 1.85 bits per heavy atom. The van der Waals surface area contributed by atoms with Crippen LogP contribution in [0.25, 0.3) is 22.2 Å². The van der Waals surface area contributed by atoms with Crippen molar-refractivity contribution >= 4 is 16.9 Å². The minimum atomic E-state index is -1.04. The number of pyridine rings is 1. The molecule has 1 N–H and O–H groups in total.